The van der Waals surface area contributed by atoms with Crippen LogP contribution < -0.4 is 0 Å². The molecule has 18 heavy (non-hydrogen) atoms. The van der Waals surface area contributed by atoms with Crippen LogP contribution in [0.3, 0.4) is 0 Å². The monoisotopic (exact) mass is 310 g/mol. The molecular weight excluding hydrogens is 296 g/mol. The van der Waals surface area contributed by atoms with Crippen molar-refractivity contribution < 1.29 is 17.9 Å². The van der Waals surface area contributed by atoms with E-state index in [0.29, 0.717) is 22.2 Å². The van der Waals surface area contributed by atoms with E-state index in [4.69, 9.17) is 16.3 Å². The van der Waals surface area contributed by atoms with Gasteiger partial charge in [-0.1, -0.05) is 11.6 Å². The fraction of sp³-hybridized carbons (Fsp3) is 0.545. The average molecular weight is 311 g/mol. The minimum absolute atomic E-state index is 0.0488. The van der Waals surface area contributed by atoms with E-state index < -0.39 is 20.9 Å². The predicted molar refractivity (Wildman–Crippen MR) is 73.4 cm³/mol. The Morgan fingerprint density at radius 3 is 2.67 bits per heavy atom. The van der Waals surface area contributed by atoms with Gasteiger partial charge in [-0.3, -0.25) is 4.79 Å². The van der Waals surface area contributed by atoms with Crippen molar-refractivity contribution in [2.75, 3.05) is 19.5 Å². The average Bonchev–Trinajstić information content (AvgIpc) is 2.74. The zero-order valence-electron chi connectivity index (χ0n) is 10.2. The first-order valence-corrected chi connectivity index (χ1v) is 8.29. The lowest BCUT2D eigenvalue weighted by Gasteiger charge is -2.10. The third kappa shape index (κ3) is 4.05. The lowest BCUT2D eigenvalue weighted by molar-refractivity contribution is 0.0995. The van der Waals surface area contributed by atoms with Crippen molar-refractivity contribution in [2.45, 2.75) is 18.6 Å². The summed E-state index contributed by atoms with van der Waals surface area (Å²) in [6, 6.07) is 3.14. The minimum atomic E-state index is -3.44. The van der Waals surface area contributed by atoms with Crippen molar-refractivity contribution in [2.24, 2.45) is 0 Å². The highest BCUT2D eigenvalue weighted by Crippen LogP contribution is 2.24. The summed E-state index contributed by atoms with van der Waals surface area (Å²) in [6.07, 6.45) is 0.391. The smallest absolute Gasteiger partial charge is 0.190 e. The third-order valence-corrected chi connectivity index (χ3v) is 5.90. The number of hydrogen-bond donors (Lipinski definition) is 0. The number of Topliss-reactive ketones (excluding diaryl/α,β-unsaturated/α-hetero) is 1. The summed E-state index contributed by atoms with van der Waals surface area (Å²) in [4.78, 5) is 12.4. The Balaban J connectivity index is 2.74. The van der Waals surface area contributed by atoms with Gasteiger partial charge >= 0.3 is 0 Å². The molecule has 0 aliphatic rings. The molecule has 102 valence electrons. The number of hydrogen-bond acceptors (Lipinski definition) is 5. The fourth-order valence-corrected chi connectivity index (χ4v) is 3.86. The molecule has 4 nitrogen and oxygen atoms in total. The maximum Gasteiger partial charge on any atom is 0.190 e. The van der Waals surface area contributed by atoms with Crippen LogP contribution >= 0.6 is 22.9 Å². The van der Waals surface area contributed by atoms with Gasteiger partial charge in [-0.25, -0.2) is 8.42 Å². The van der Waals surface area contributed by atoms with Crippen LogP contribution in [0, 0.1) is 0 Å². The first-order valence-electron chi connectivity index (χ1n) is 5.38. The van der Waals surface area contributed by atoms with Crippen molar-refractivity contribution in [3.05, 3.63) is 21.3 Å². The van der Waals surface area contributed by atoms with Crippen LogP contribution in [0.5, 0.6) is 0 Å². The second kappa shape index (κ2) is 6.65. The molecule has 7 heteroatoms. The Morgan fingerprint density at radius 2 is 2.17 bits per heavy atom. The van der Waals surface area contributed by atoms with E-state index in [2.05, 4.69) is 0 Å². The number of carbonyl (C=O) groups excluding carboxylic acids is 1. The normalized spacial score (nSPS) is 13.5. The van der Waals surface area contributed by atoms with Crippen LogP contribution in [-0.2, 0) is 14.6 Å². The molecule has 0 spiro atoms. The summed E-state index contributed by atoms with van der Waals surface area (Å²) in [5, 5.41) is -1.04. The van der Waals surface area contributed by atoms with Gasteiger partial charge in [0.25, 0.3) is 0 Å². The van der Waals surface area contributed by atoms with Gasteiger partial charge in [-0.2, -0.15) is 0 Å². The Kier molecular flexibility index (Phi) is 5.78. The number of thiophene rings is 1. The minimum Gasteiger partial charge on any atom is -0.385 e. The van der Waals surface area contributed by atoms with Crippen LogP contribution in [-0.4, -0.2) is 38.9 Å². The first kappa shape index (κ1) is 15.6. The summed E-state index contributed by atoms with van der Waals surface area (Å²) in [5.74, 6) is -0.448. The van der Waals surface area contributed by atoms with Gasteiger partial charge in [0.1, 0.15) is 5.25 Å². The topological polar surface area (TPSA) is 60.4 Å². The second-order valence-electron chi connectivity index (χ2n) is 3.82. The van der Waals surface area contributed by atoms with E-state index in [-0.39, 0.29) is 5.75 Å². The highest BCUT2D eigenvalue weighted by Gasteiger charge is 2.29. The van der Waals surface area contributed by atoms with Crippen molar-refractivity contribution in [3.8, 4) is 0 Å². The molecule has 0 fully saturated rings. The van der Waals surface area contributed by atoms with Crippen LogP contribution in [0.4, 0.5) is 0 Å². The van der Waals surface area contributed by atoms with E-state index in [1.165, 1.54) is 14.0 Å². The van der Waals surface area contributed by atoms with Gasteiger partial charge in [0.2, 0.25) is 0 Å². The largest absolute Gasteiger partial charge is 0.385 e. The van der Waals surface area contributed by atoms with Gasteiger partial charge in [-0.15, -0.1) is 11.3 Å². The van der Waals surface area contributed by atoms with E-state index in [1.807, 2.05) is 0 Å². The van der Waals surface area contributed by atoms with Gasteiger partial charge in [0.15, 0.2) is 15.6 Å². The first-order chi connectivity index (χ1) is 8.38. The van der Waals surface area contributed by atoms with Gasteiger partial charge in [0, 0.05) is 13.7 Å². The quantitative estimate of drug-likeness (QED) is 0.573. The fourth-order valence-electron chi connectivity index (χ4n) is 1.39. The van der Waals surface area contributed by atoms with Crippen molar-refractivity contribution in [1.82, 2.24) is 0 Å². The molecule has 0 bridgehead atoms. The maximum atomic E-state index is 12.0. The van der Waals surface area contributed by atoms with E-state index in [1.54, 1.807) is 12.1 Å². The number of ether oxygens (including phenoxy) is 1. The third-order valence-electron chi connectivity index (χ3n) is 2.50. The zero-order chi connectivity index (χ0) is 13.8. The Morgan fingerprint density at radius 1 is 1.50 bits per heavy atom. The molecule has 1 aromatic rings. The van der Waals surface area contributed by atoms with Crippen molar-refractivity contribution in [3.63, 3.8) is 0 Å². The molecule has 0 aliphatic carbocycles. The summed E-state index contributed by atoms with van der Waals surface area (Å²) in [5.41, 5.74) is 0. The van der Waals surface area contributed by atoms with Gasteiger partial charge in [0.05, 0.1) is 15.0 Å². The van der Waals surface area contributed by atoms with E-state index in [9.17, 15) is 13.2 Å². The van der Waals surface area contributed by atoms with Crippen molar-refractivity contribution >= 4 is 38.6 Å². The zero-order valence-corrected chi connectivity index (χ0v) is 12.6. The lowest BCUT2D eigenvalue weighted by atomic mass is 10.2. The van der Waals surface area contributed by atoms with Crippen LogP contribution in [0.1, 0.15) is 23.0 Å². The molecule has 0 amide bonds. The maximum absolute atomic E-state index is 12.0. The molecule has 1 rings (SSSR count). The number of carbonyl (C=O) groups is 1. The Bertz CT molecular complexity index is 507. The van der Waals surface area contributed by atoms with E-state index in [0.717, 1.165) is 11.3 Å². The Hall–Kier alpha value is -0.430. The number of ketones is 1. The molecular formula is C11H15ClO4S2. The molecule has 1 aromatic heterocycles. The SMILES string of the molecule is COCCCS(=O)(=O)C(C)C(=O)c1ccc(Cl)s1. The standard InChI is InChI=1S/C11H15ClO4S2/c1-8(18(14,15)7-3-6-16-2)11(13)9-4-5-10(12)17-9/h4-5,8H,3,6-7H2,1-2H3. The van der Waals surface area contributed by atoms with Crippen LogP contribution in [0.15, 0.2) is 12.1 Å². The highest BCUT2D eigenvalue weighted by molar-refractivity contribution is 7.92. The lowest BCUT2D eigenvalue weighted by Crippen LogP contribution is -2.29. The summed E-state index contributed by atoms with van der Waals surface area (Å²) in [6.45, 7) is 1.78. The Labute approximate surface area is 116 Å². The molecule has 0 N–H and O–H groups in total. The molecule has 0 radical (unpaired) electrons. The molecule has 1 atom stereocenters. The molecule has 0 aromatic carbocycles. The number of rotatable bonds is 7. The molecule has 0 aliphatic heterocycles. The summed E-state index contributed by atoms with van der Waals surface area (Å²) >= 11 is 6.82. The van der Waals surface area contributed by atoms with Crippen LogP contribution in [0.25, 0.3) is 0 Å². The summed E-state index contributed by atoms with van der Waals surface area (Å²) in [7, 11) is -1.93. The van der Waals surface area contributed by atoms with Crippen molar-refractivity contribution in [1.29, 1.82) is 0 Å². The summed E-state index contributed by atoms with van der Waals surface area (Å²) < 4.78 is 29.1. The van der Waals surface area contributed by atoms with Gasteiger partial charge < -0.3 is 4.74 Å². The molecule has 1 unspecified atom stereocenters. The predicted octanol–water partition coefficient (Wildman–Crippen LogP) is 2.42. The van der Waals surface area contributed by atoms with Gasteiger partial charge in [-0.05, 0) is 25.5 Å². The number of halogens is 1. The molecule has 1 heterocycles. The highest BCUT2D eigenvalue weighted by atomic mass is 35.5. The van der Waals surface area contributed by atoms with Crippen LogP contribution in [0.2, 0.25) is 4.34 Å². The van der Waals surface area contributed by atoms with E-state index >= 15 is 0 Å². The molecule has 0 saturated carbocycles. The second-order valence-corrected chi connectivity index (χ2v) is 7.98. The number of methoxy groups -OCH3 is 1. The number of sulfone groups is 1. The molecule has 0 saturated heterocycles.